The van der Waals surface area contributed by atoms with Crippen molar-refractivity contribution in [2.75, 3.05) is 33.2 Å². The van der Waals surface area contributed by atoms with Crippen LogP contribution in [0.2, 0.25) is 0 Å². The van der Waals surface area contributed by atoms with Crippen LogP contribution in [0.25, 0.3) is 0 Å². The monoisotopic (exact) mass is 505 g/mol. The molecule has 0 bridgehead atoms. The third-order valence-corrected chi connectivity index (χ3v) is 6.59. The van der Waals surface area contributed by atoms with Crippen molar-refractivity contribution in [3.05, 3.63) is 47.7 Å². The molecule has 0 saturated carbocycles. The number of alkyl carbamates (subject to hydrolysis) is 1. The highest BCUT2D eigenvalue weighted by Crippen LogP contribution is 2.40. The molecule has 2 atom stereocenters. The standard InChI is InChI=1S/C23H27N3O8S/c1-5-8-33-23(30)25-18-21(29)26-19(15(11-34-13(2)27)12-35-22(18)26)20(28)24-10-14-6-7-16(31-3)9-17(14)32-4/h5-7,9,18,22H,1,8,10-12H2,2-4H3,(H,24,28)(H,25,30)/t18-,22-/m1/s1. The SMILES string of the molecule is C=CCOC(=O)N[C@@H]1C(=O)N2C(C(=O)NCc3ccc(OC)cc3OC)=C(COC(C)=O)CS[C@H]12. The Hall–Kier alpha value is -3.67. The number of β-lactam (4-membered cyclic amide) rings is 1. The van der Waals surface area contributed by atoms with E-state index in [1.54, 1.807) is 18.2 Å². The first-order valence-corrected chi connectivity index (χ1v) is 11.7. The predicted molar refractivity (Wildman–Crippen MR) is 127 cm³/mol. The zero-order chi connectivity index (χ0) is 25.5. The van der Waals surface area contributed by atoms with Crippen LogP contribution in [-0.2, 0) is 30.4 Å². The van der Waals surface area contributed by atoms with E-state index in [4.69, 9.17) is 18.9 Å². The van der Waals surface area contributed by atoms with E-state index in [-0.39, 0.29) is 25.5 Å². The van der Waals surface area contributed by atoms with E-state index in [0.717, 1.165) is 0 Å². The summed E-state index contributed by atoms with van der Waals surface area (Å²) in [6.45, 7) is 4.72. The highest BCUT2D eigenvalue weighted by molar-refractivity contribution is 8.00. The van der Waals surface area contributed by atoms with Crippen LogP contribution in [-0.4, -0.2) is 73.4 Å². The smallest absolute Gasteiger partial charge is 0.408 e. The number of hydrogen-bond donors (Lipinski definition) is 2. The minimum Gasteiger partial charge on any atom is -0.497 e. The number of hydrogen-bond acceptors (Lipinski definition) is 9. The van der Waals surface area contributed by atoms with Gasteiger partial charge in [0.2, 0.25) is 0 Å². The fourth-order valence-electron chi connectivity index (χ4n) is 3.56. The van der Waals surface area contributed by atoms with E-state index in [2.05, 4.69) is 17.2 Å². The normalized spacial score (nSPS) is 18.6. The number of benzene rings is 1. The Morgan fingerprint density at radius 1 is 1.23 bits per heavy atom. The average Bonchev–Trinajstić information content (AvgIpc) is 2.86. The number of ether oxygens (including phenoxy) is 4. The maximum atomic E-state index is 13.3. The van der Waals surface area contributed by atoms with Crippen LogP contribution in [0.1, 0.15) is 12.5 Å². The Labute approximate surface area is 206 Å². The van der Waals surface area contributed by atoms with Gasteiger partial charge in [-0.3, -0.25) is 19.3 Å². The molecule has 1 fully saturated rings. The summed E-state index contributed by atoms with van der Waals surface area (Å²) in [5.74, 6) is -0.0330. The minimum absolute atomic E-state index is 0.00316. The molecule has 0 unspecified atom stereocenters. The second-order valence-electron chi connectivity index (χ2n) is 7.51. The fourth-order valence-corrected chi connectivity index (χ4v) is 4.89. The lowest BCUT2D eigenvalue weighted by atomic mass is 10.0. The fraction of sp³-hybridized carbons (Fsp3) is 0.391. The van der Waals surface area contributed by atoms with Gasteiger partial charge in [-0.15, -0.1) is 11.8 Å². The summed E-state index contributed by atoms with van der Waals surface area (Å²) < 4.78 is 20.6. The number of nitrogens with one attached hydrogen (secondary N) is 2. The lowest BCUT2D eigenvalue weighted by Gasteiger charge is -2.49. The topological polar surface area (TPSA) is 133 Å². The van der Waals surface area contributed by atoms with Gasteiger partial charge in [-0.2, -0.15) is 0 Å². The van der Waals surface area contributed by atoms with Gasteiger partial charge in [-0.1, -0.05) is 12.7 Å². The lowest BCUT2D eigenvalue weighted by Crippen LogP contribution is -2.71. The third kappa shape index (κ3) is 5.88. The van der Waals surface area contributed by atoms with E-state index in [9.17, 15) is 19.2 Å². The van der Waals surface area contributed by atoms with Crippen LogP contribution in [0.5, 0.6) is 11.5 Å². The summed E-state index contributed by atoms with van der Waals surface area (Å²) in [6, 6.07) is 4.34. The highest BCUT2D eigenvalue weighted by Gasteiger charge is 2.54. The first-order chi connectivity index (χ1) is 16.8. The van der Waals surface area contributed by atoms with Gasteiger partial charge in [0.25, 0.3) is 11.8 Å². The Balaban J connectivity index is 1.78. The summed E-state index contributed by atoms with van der Waals surface area (Å²) >= 11 is 1.35. The number of fused-ring (bicyclic) bond motifs is 1. The van der Waals surface area contributed by atoms with Gasteiger partial charge in [0.05, 0.1) is 14.2 Å². The molecule has 0 aliphatic carbocycles. The van der Waals surface area contributed by atoms with Crippen LogP contribution in [0.15, 0.2) is 42.1 Å². The van der Waals surface area contributed by atoms with Crippen LogP contribution in [0.4, 0.5) is 4.79 Å². The molecule has 2 N–H and O–H groups in total. The van der Waals surface area contributed by atoms with Crippen molar-refractivity contribution in [3.63, 3.8) is 0 Å². The average molecular weight is 506 g/mol. The Morgan fingerprint density at radius 3 is 2.66 bits per heavy atom. The summed E-state index contributed by atoms with van der Waals surface area (Å²) in [5, 5.41) is 4.82. The first kappa shape index (κ1) is 25.9. The van der Waals surface area contributed by atoms with Crippen molar-refractivity contribution in [2.45, 2.75) is 24.9 Å². The molecule has 0 aromatic heterocycles. The van der Waals surface area contributed by atoms with Gasteiger partial charge in [0.1, 0.15) is 41.8 Å². The molecule has 1 aromatic carbocycles. The van der Waals surface area contributed by atoms with Gasteiger partial charge in [0, 0.05) is 36.4 Å². The number of carbonyl (C=O) groups excluding carboxylic acids is 4. The second-order valence-corrected chi connectivity index (χ2v) is 8.62. The van der Waals surface area contributed by atoms with E-state index in [0.29, 0.717) is 28.4 Å². The van der Waals surface area contributed by atoms with Crippen LogP contribution >= 0.6 is 11.8 Å². The van der Waals surface area contributed by atoms with Crippen molar-refractivity contribution in [3.8, 4) is 11.5 Å². The van der Waals surface area contributed by atoms with Gasteiger partial charge < -0.3 is 29.6 Å². The lowest BCUT2D eigenvalue weighted by molar-refractivity contribution is -0.145. The highest BCUT2D eigenvalue weighted by atomic mass is 32.2. The maximum Gasteiger partial charge on any atom is 0.408 e. The zero-order valence-corrected chi connectivity index (χ0v) is 20.4. The Kier molecular flexibility index (Phi) is 8.63. The third-order valence-electron chi connectivity index (χ3n) is 5.25. The van der Waals surface area contributed by atoms with Crippen molar-refractivity contribution in [2.24, 2.45) is 0 Å². The number of thioether (sulfide) groups is 1. The molecule has 3 rings (SSSR count). The van der Waals surface area contributed by atoms with Crippen LogP contribution in [0, 0.1) is 0 Å². The number of rotatable bonds is 10. The molecule has 188 valence electrons. The minimum atomic E-state index is -0.850. The molecular formula is C23H27N3O8S. The molecule has 2 aliphatic rings. The molecule has 1 saturated heterocycles. The first-order valence-electron chi connectivity index (χ1n) is 10.6. The summed E-state index contributed by atoms with van der Waals surface area (Å²) in [7, 11) is 3.05. The van der Waals surface area contributed by atoms with Crippen molar-refractivity contribution in [1.82, 2.24) is 15.5 Å². The van der Waals surface area contributed by atoms with E-state index < -0.39 is 35.3 Å². The molecule has 2 heterocycles. The maximum absolute atomic E-state index is 13.3. The molecule has 2 aliphatic heterocycles. The Morgan fingerprint density at radius 2 is 2.00 bits per heavy atom. The predicted octanol–water partition coefficient (Wildman–Crippen LogP) is 1.33. The molecule has 1 aromatic rings. The Bertz CT molecular complexity index is 1060. The molecule has 12 heteroatoms. The van der Waals surface area contributed by atoms with E-state index >= 15 is 0 Å². The molecule has 0 radical (unpaired) electrons. The second kappa shape index (κ2) is 11.6. The van der Waals surface area contributed by atoms with Crippen LogP contribution < -0.4 is 20.1 Å². The summed E-state index contributed by atoms with van der Waals surface area (Å²) in [4.78, 5) is 50.8. The number of esters is 1. The number of nitrogens with zero attached hydrogens (tertiary/aromatic N) is 1. The van der Waals surface area contributed by atoms with Crippen molar-refractivity contribution in [1.29, 1.82) is 0 Å². The summed E-state index contributed by atoms with van der Waals surface area (Å²) in [6.07, 6.45) is 0.657. The molecule has 0 spiro atoms. The quantitative estimate of drug-likeness (QED) is 0.275. The number of amides is 3. The van der Waals surface area contributed by atoms with Crippen molar-refractivity contribution < 1.29 is 38.1 Å². The van der Waals surface area contributed by atoms with Gasteiger partial charge in [-0.05, 0) is 12.1 Å². The number of methoxy groups -OCH3 is 2. The molecule has 11 nitrogen and oxygen atoms in total. The molecule has 3 amide bonds. The number of carbonyl (C=O) groups is 4. The zero-order valence-electron chi connectivity index (χ0n) is 19.6. The molecular weight excluding hydrogens is 478 g/mol. The van der Waals surface area contributed by atoms with E-state index in [1.165, 1.54) is 43.9 Å². The van der Waals surface area contributed by atoms with Crippen LogP contribution in [0.3, 0.4) is 0 Å². The van der Waals surface area contributed by atoms with E-state index in [1.807, 2.05) is 0 Å². The largest absolute Gasteiger partial charge is 0.497 e. The molecule has 35 heavy (non-hydrogen) atoms. The van der Waals surface area contributed by atoms with Gasteiger partial charge in [0.15, 0.2) is 0 Å². The van der Waals surface area contributed by atoms with Gasteiger partial charge in [-0.25, -0.2) is 4.79 Å². The van der Waals surface area contributed by atoms with Crippen molar-refractivity contribution >= 4 is 35.6 Å². The summed E-state index contributed by atoms with van der Waals surface area (Å²) in [5.41, 5.74) is 1.29. The van der Waals surface area contributed by atoms with Gasteiger partial charge >= 0.3 is 12.1 Å².